The smallest absolute Gasteiger partial charge is 0.0246 e. The highest BCUT2D eigenvalue weighted by Gasteiger charge is 2.29. The van der Waals surface area contributed by atoms with Crippen molar-refractivity contribution in [3.63, 3.8) is 0 Å². The summed E-state index contributed by atoms with van der Waals surface area (Å²) in [6, 6.07) is 1.73. The van der Waals surface area contributed by atoms with E-state index in [-0.39, 0.29) is 0 Å². The summed E-state index contributed by atoms with van der Waals surface area (Å²) in [5.74, 6) is 1.50. The molecule has 1 N–H and O–H groups in total. The molecule has 4 unspecified atom stereocenters. The van der Waals surface area contributed by atoms with Gasteiger partial charge in [0.1, 0.15) is 0 Å². The molecule has 0 aromatic rings. The largest absolute Gasteiger partial charge is 0.311 e. The van der Waals surface area contributed by atoms with Crippen LogP contribution in [0, 0.1) is 5.92 Å². The average molecular weight is 260 g/mol. The van der Waals surface area contributed by atoms with Gasteiger partial charge in [-0.2, -0.15) is 0 Å². The molecular weight excluding hydrogens is 232 g/mol. The molecule has 0 amide bonds. The Morgan fingerprint density at radius 2 is 2.06 bits per heavy atom. The van der Waals surface area contributed by atoms with Crippen molar-refractivity contribution in [3.05, 3.63) is 0 Å². The van der Waals surface area contributed by atoms with Crippen LogP contribution >= 0.6 is 0 Å². The summed E-state index contributed by atoms with van der Waals surface area (Å²) in [4.78, 5) is 2.58. The first-order valence-electron chi connectivity index (χ1n) is 6.71. The van der Waals surface area contributed by atoms with Crippen LogP contribution in [0.15, 0.2) is 0 Å². The first kappa shape index (κ1) is 15.1. The minimum Gasteiger partial charge on any atom is -0.311 e. The van der Waals surface area contributed by atoms with Crippen LogP contribution in [0.5, 0.6) is 0 Å². The SMILES string of the molecule is CC(C)C1CN(C(C)CCS(C)=O)C(C)CN1. The summed E-state index contributed by atoms with van der Waals surface area (Å²) in [6.07, 6.45) is 2.84. The zero-order valence-electron chi connectivity index (χ0n) is 11.9. The van der Waals surface area contributed by atoms with Crippen molar-refractivity contribution in [2.24, 2.45) is 5.92 Å². The summed E-state index contributed by atoms with van der Waals surface area (Å²) in [5, 5.41) is 3.62. The molecule has 1 rings (SSSR count). The Balaban J connectivity index is 2.50. The Bertz CT molecular complexity index is 258. The summed E-state index contributed by atoms with van der Waals surface area (Å²) < 4.78 is 11.2. The minimum atomic E-state index is -0.662. The van der Waals surface area contributed by atoms with E-state index < -0.39 is 10.8 Å². The van der Waals surface area contributed by atoms with E-state index in [1.807, 2.05) is 0 Å². The van der Waals surface area contributed by atoms with Crippen molar-refractivity contribution in [1.82, 2.24) is 10.2 Å². The third-order valence-electron chi connectivity index (χ3n) is 3.84. The van der Waals surface area contributed by atoms with E-state index in [0.717, 1.165) is 25.3 Å². The first-order chi connectivity index (χ1) is 7.91. The highest BCUT2D eigenvalue weighted by molar-refractivity contribution is 7.84. The second-order valence-electron chi connectivity index (χ2n) is 5.72. The maximum atomic E-state index is 11.2. The number of nitrogens with zero attached hydrogens (tertiary/aromatic N) is 1. The van der Waals surface area contributed by atoms with Gasteiger partial charge in [-0.15, -0.1) is 0 Å². The summed E-state index contributed by atoms with van der Waals surface area (Å²) in [7, 11) is -0.662. The van der Waals surface area contributed by atoms with Gasteiger partial charge in [-0.3, -0.25) is 9.11 Å². The molecule has 4 atom stereocenters. The molecule has 0 radical (unpaired) electrons. The van der Waals surface area contributed by atoms with Gasteiger partial charge in [0.05, 0.1) is 0 Å². The van der Waals surface area contributed by atoms with Crippen molar-refractivity contribution in [2.45, 2.75) is 52.2 Å². The molecule has 0 saturated carbocycles. The summed E-state index contributed by atoms with van der Waals surface area (Å²) in [5.41, 5.74) is 0. The van der Waals surface area contributed by atoms with Crippen molar-refractivity contribution in [2.75, 3.05) is 25.1 Å². The predicted molar refractivity (Wildman–Crippen MR) is 75.8 cm³/mol. The van der Waals surface area contributed by atoms with Gasteiger partial charge < -0.3 is 5.32 Å². The molecule has 0 aromatic carbocycles. The van der Waals surface area contributed by atoms with Crippen LogP contribution in [0.25, 0.3) is 0 Å². The summed E-state index contributed by atoms with van der Waals surface area (Å²) >= 11 is 0. The van der Waals surface area contributed by atoms with Crippen molar-refractivity contribution >= 4 is 10.8 Å². The van der Waals surface area contributed by atoms with Crippen LogP contribution in [-0.4, -0.2) is 52.3 Å². The molecule has 0 aromatic heterocycles. The lowest BCUT2D eigenvalue weighted by Crippen LogP contribution is -2.59. The van der Waals surface area contributed by atoms with E-state index in [4.69, 9.17) is 0 Å². The van der Waals surface area contributed by atoms with Gasteiger partial charge in [-0.05, 0) is 26.2 Å². The zero-order valence-corrected chi connectivity index (χ0v) is 12.7. The Morgan fingerprint density at radius 1 is 1.41 bits per heavy atom. The maximum Gasteiger partial charge on any atom is 0.0246 e. The van der Waals surface area contributed by atoms with Gasteiger partial charge in [-0.1, -0.05) is 13.8 Å². The number of hydrogen-bond donors (Lipinski definition) is 1. The molecule has 0 aliphatic carbocycles. The topological polar surface area (TPSA) is 32.3 Å². The lowest BCUT2D eigenvalue weighted by molar-refractivity contribution is 0.0840. The van der Waals surface area contributed by atoms with Gasteiger partial charge >= 0.3 is 0 Å². The Kier molecular flexibility index (Phi) is 6.10. The molecule has 1 aliphatic heterocycles. The number of rotatable bonds is 5. The highest BCUT2D eigenvalue weighted by Crippen LogP contribution is 2.17. The minimum absolute atomic E-state index is 0.539. The maximum absolute atomic E-state index is 11.2. The van der Waals surface area contributed by atoms with E-state index >= 15 is 0 Å². The zero-order chi connectivity index (χ0) is 13.0. The number of piperazine rings is 1. The van der Waals surface area contributed by atoms with Gasteiger partial charge in [0.25, 0.3) is 0 Å². The number of nitrogens with one attached hydrogen (secondary N) is 1. The first-order valence-corrected chi connectivity index (χ1v) is 8.43. The van der Waals surface area contributed by atoms with Crippen LogP contribution in [-0.2, 0) is 10.8 Å². The van der Waals surface area contributed by atoms with E-state index in [1.54, 1.807) is 6.26 Å². The molecular formula is C13H28N2OS. The fourth-order valence-corrected chi connectivity index (χ4v) is 3.15. The van der Waals surface area contributed by atoms with E-state index in [2.05, 4.69) is 37.9 Å². The molecule has 4 heteroatoms. The highest BCUT2D eigenvalue weighted by atomic mass is 32.2. The van der Waals surface area contributed by atoms with Crippen LogP contribution in [0.2, 0.25) is 0 Å². The molecule has 102 valence electrons. The Hall–Kier alpha value is 0.0700. The van der Waals surface area contributed by atoms with E-state index in [1.165, 1.54) is 0 Å². The monoisotopic (exact) mass is 260 g/mol. The second-order valence-corrected chi connectivity index (χ2v) is 7.27. The van der Waals surface area contributed by atoms with Gasteiger partial charge in [0.2, 0.25) is 0 Å². The quantitative estimate of drug-likeness (QED) is 0.812. The van der Waals surface area contributed by atoms with Gasteiger partial charge in [-0.25, -0.2) is 0 Å². The molecule has 0 bridgehead atoms. The fraction of sp³-hybridized carbons (Fsp3) is 1.00. The number of hydrogen-bond acceptors (Lipinski definition) is 3. The second kappa shape index (κ2) is 6.86. The fourth-order valence-electron chi connectivity index (χ4n) is 2.47. The Morgan fingerprint density at radius 3 is 2.59 bits per heavy atom. The van der Waals surface area contributed by atoms with Crippen LogP contribution in [0.1, 0.15) is 34.1 Å². The molecule has 3 nitrogen and oxygen atoms in total. The van der Waals surface area contributed by atoms with Crippen LogP contribution in [0.3, 0.4) is 0 Å². The molecule has 1 heterocycles. The molecule has 1 fully saturated rings. The van der Waals surface area contributed by atoms with Crippen molar-refractivity contribution in [1.29, 1.82) is 0 Å². The van der Waals surface area contributed by atoms with Gasteiger partial charge in [0.15, 0.2) is 0 Å². The normalized spacial score (nSPS) is 30.5. The third-order valence-corrected chi connectivity index (χ3v) is 4.65. The van der Waals surface area contributed by atoms with Crippen molar-refractivity contribution in [3.8, 4) is 0 Å². The molecule has 17 heavy (non-hydrogen) atoms. The molecule has 1 saturated heterocycles. The average Bonchev–Trinajstić information content (AvgIpc) is 2.26. The van der Waals surface area contributed by atoms with Gasteiger partial charge in [0, 0.05) is 54.0 Å². The predicted octanol–water partition coefficient (Wildman–Crippen LogP) is 1.46. The molecule has 0 spiro atoms. The van der Waals surface area contributed by atoms with Crippen LogP contribution < -0.4 is 5.32 Å². The Labute approximate surface area is 109 Å². The standard InChI is InChI=1S/C13H28N2OS/c1-10(2)13-9-15(12(4)8-14-13)11(3)6-7-17(5)16/h10-14H,6-9H2,1-5H3. The van der Waals surface area contributed by atoms with Crippen LogP contribution in [0.4, 0.5) is 0 Å². The van der Waals surface area contributed by atoms with E-state index in [9.17, 15) is 4.21 Å². The molecule has 1 aliphatic rings. The van der Waals surface area contributed by atoms with Crippen molar-refractivity contribution < 1.29 is 4.21 Å². The third kappa shape index (κ3) is 4.68. The lowest BCUT2D eigenvalue weighted by atomic mass is 9.98. The van der Waals surface area contributed by atoms with E-state index in [0.29, 0.717) is 24.0 Å². The lowest BCUT2D eigenvalue weighted by Gasteiger charge is -2.43. The summed E-state index contributed by atoms with van der Waals surface area (Å²) in [6.45, 7) is 11.3.